The van der Waals surface area contributed by atoms with Crippen molar-refractivity contribution in [2.75, 3.05) is 10.6 Å². The molecule has 4 heterocycles. The molecule has 0 spiro atoms. The fraction of sp³-hybridized carbons (Fsp3) is 0.225. The summed E-state index contributed by atoms with van der Waals surface area (Å²) in [6.07, 6.45) is 8.98. The molecule has 2 aromatic carbocycles. The van der Waals surface area contributed by atoms with E-state index in [2.05, 4.69) is 36.6 Å². The molecular weight excluding hydrogens is 644 g/mol. The number of anilines is 2. The number of amides is 2. The second-order valence-corrected chi connectivity index (χ2v) is 13.1. The van der Waals surface area contributed by atoms with Gasteiger partial charge in [-0.15, -0.1) is 0 Å². The lowest BCUT2D eigenvalue weighted by Crippen LogP contribution is -2.14. The third-order valence-corrected chi connectivity index (χ3v) is 9.02. The maximum Gasteiger partial charge on any atom is 0.337 e. The summed E-state index contributed by atoms with van der Waals surface area (Å²) >= 11 is 0. The minimum atomic E-state index is -1.01. The van der Waals surface area contributed by atoms with Crippen molar-refractivity contribution in [2.45, 2.75) is 46.1 Å². The van der Waals surface area contributed by atoms with Gasteiger partial charge in [0.2, 0.25) is 11.8 Å². The fourth-order valence-electron chi connectivity index (χ4n) is 5.79. The van der Waals surface area contributed by atoms with Crippen LogP contribution in [0.25, 0.3) is 43.9 Å². The van der Waals surface area contributed by atoms with E-state index >= 15 is 0 Å². The Bertz CT molecular complexity index is 2330. The van der Waals surface area contributed by atoms with Crippen LogP contribution in [-0.4, -0.2) is 47.9 Å². The zero-order valence-electron chi connectivity index (χ0n) is 28.2. The number of nitrogens with zero attached hydrogens (tertiary/aromatic N) is 4. The molecule has 0 unspecified atom stereocenters. The molecule has 6 aromatic rings. The van der Waals surface area contributed by atoms with E-state index in [0.717, 1.165) is 80.9 Å². The van der Waals surface area contributed by atoms with Gasteiger partial charge >= 0.3 is 5.97 Å². The van der Waals surface area contributed by atoms with Gasteiger partial charge in [0, 0.05) is 63.7 Å². The summed E-state index contributed by atoms with van der Waals surface area (Å²) in [6, 6.07) is 20.6. The Morgan fingerprint density at radius 2 is 1.25 bits per heavy atom. The van der Waals surface area contributed by atoms with Gasteiger partial charge in [0.1, 0.15) is 11.6 Å². The summed E-state index contributed by atoms with van der Waals surface area (Å²) in [5.74, 6) is 0.476. The van der Waals surface area contributed by atoms with Crippen LogP contribution in [0.5, 0.6) is 0 Å². The number of carbonyl (C=O) groups is 3. The van der Waals surface area contributed by atoms with Gasteiger partial charge in [-0.1, -0.05) is 24.3 Å². The van der Waals surface area contributed by atoms with Crippen LogP contribution in [0.4, 0.5) is 11.6 Å². The van der Waals surface area contributed by atoms with Crippen molar-refractivity contribution >= 4 is 51.0 Å². The number of fused-ring (bicyclic) bond motifs is 2. The van der Waals surface area contributed by atoms with E-state index in [1.807, 2.05) is 62.4 Å². The lowest BCUT2D eigenvalue weighted by Gasteiger charge is -2.09. The van der Waals surface area contributed by atoms with Crippen LogP contribution in [0, 0.1) is 25.7 Å². The molecule has 11 heteroatoms. The van der Waals surface area contributed by atoms with Crippen LogP contribution in [0.3, 0.4) is 0 Å². The molecule has 2 aliphatic rings. The molecule has 0 aliphatic heterocycles. The first-order valence-electron chi connectivity index (χ1n) is 16.8. The van der Waals surface area contributed by atoms with Crippen molar-refractivity contribution in [3.05, 3.63) is 108 Å². The Kier molecular flexibility index (Phi) is 9.20. The number of rotatable bonds is 8. The molecule has 4 aromatic heterocycles. The molecule has 8 rings (SSSR count). The summed E-state index contributed by atoms with van der Waals surface area (Å²) in [5.41, 5.74) is 5.80. The lowest BCUT2D eigenvalue weighted by molar-refractivity contribution is -0.118. The van der Waals surface area contributed by atoms with Crippen molar-refractivity contribution in [1.29, 1.82) is 0 Å². The van der Waals surface area contributed by atoms with Crippen LogP contribution in [0.2, 0.25) is 0 Å². The topological polar surface area (TPSA) is 167 Å². The quantitative estimate of drug-likeness (QED) is 0.131. The van der Waals surface area contributed by atoms with Gasteiger partial charge in [-0.3, -0.25) is 19.6 Å². The predicted molar refractivity (Wildman–Crippen MR) is 195 cm³/mol. The largest absolute Gasteiger partial charge is 0.478 e. The molecule has 0 bridgehead atoms. The van der Waals surface area contributed by atoms with Crippen molar-refractivity contribution < 1.29 is 24.6 Å². The summed E-state index contributed by atoms with van der Waals surface area (Å²) in [7, 11) is 0. The first-order valence-corrected chi connectivity index (χ1v) is 16.8. The number of nitrogens with one attached hydrogen (secondary N) is 2. The van der Waals surface area contributed by atoms with Crippen LogP contribution >= 0.6 is 0 Å². The summed E-state index contributed by atoms with van der Waals surface area (Å²) < 4.78 is 0. The maximum absolute atomic E-state index is 11.9. The average Bonchev–Trinajstić information content (AvgIpc) is 4.06. The van der Waals surface area contributed by atoms with Gasteiger partial charge in [-0.05, 0) is 104 Å². The zero-order chi connectivity index (χ0) is 35.6. The van der Waals surface area contributed by atoms with Gasteiger partial charge < -0.3 is 20.8 Å². The smallest absolute Gasteiger partial charge is 0.337 e. The molecule has 51 heavy (non-hydrogen) atoms. The number of carboxylic acids is 1. The highest BCUT2D eigenvalue weighted by molar-refractivity contribution is 5.99. The summed E-state index contributed by atoms with van der Waals surface area (Å²) in [6.45, 7) is 3.75. The molecule has 0 radical (unpaired) electrons. The number of aromatic carboxylic acids is 1. The maximum atomic E-state index is 11.9. The third kappa shape index (κ3) is 7.73. The Hall–Kier alpha value is -6.07. The third-order valence-electron chi connectivity index (χ3n) is 9.02. The van der Waals surface area contributed by atoms with Gasteiger partial charge in [0.15, 0.2) is 0 Å². The number of aromatic nitrogens is 4. The first kappa shape index (κ1) is 33.4. The molecule has 0 atom stereocenters. The van der Waals surface area contributed by atoms with Gasteiger partial charge in [-0.2, -0.15) is 0 Å². The average molecular weight is 681 g/mol. The monoisotopic (exact) mass is 680 g/mol. The molecule has 2 saturated carbocycles. The van der Waals surface area contributed by atoms with Crippen molar-refractivity contribution in [3.8, 4) is 22.4 Å². The normalized spacial score (nSPS) is 13.7. The van der Waals surface area contributed by atoms with Crippen molar-refractivity contribution in [2.24, 2.45) is 11.8 Å². The van der Waals surface area contributed by atoms with E-state index in [4.69, 9.17) is 0 Å². The number of aliphatic hydroxyl groups excluding tert-OH is 1. The summed E-state index contributed by atoms with van der Waals surface area (Å²) in [4.78, 5) is 52.6. The number of hydrogen-bond acceptors (Lipinski definition) is 8. The highest BCUT2D eigenvalue weighted by Gasteiger charge is 2.30. The standard InChI is InChI=1S/C20H17N3O3.C20H19N3O2/c1-11-2-7-16(20(25)26)18(22-11)14-6-5-13-9-17(21-10-15(13)8-14)23-19(24)12-3-4-12;1-12-18(6-13(11-24)9-21-12)16-5-4-15-8-19(22-10-17(15)7-16)23-20(25)14-2-3-14/h2,5-10,12H,3-4H2,1H3,(H,25,26)(H,21,23,24);4-10,14,24H,2-3,11H2,1H3,(H,22,23,25). The Morgan fingerprint density at radius 1 is 0.686 bits per heavy atom. The molecule has 0 saturated heterocycles. The minimum Gasteiger partial charge on any atom is -0.478 e. The number of aliphatic hydroxyl groups is 1. The highest BCUT2D eigenvalue weighted by atomic mass is 16.4. The molecule has 256 valence electrons. The van der Waals surface area contributed by atoms with Gasteiger partial charge in [0.25, 0.3) is 0 Å². The van der Waals surface area contributed by atoms with Crippen LogP contribution in [0.15, 0.2) is 85.3 Å². The molecule has 2 amide bonds. The Balaban J connectivity index is 0.000000159. The van der Waals surface area contributed by atoms with Crippen LogP contribution in [-0.2, 0) is 16.2 Å². The molecule has 2 fully saturated rings. The van der Waals surface area contributed by atoms with Crippen molar-refractivity contribution in [1.82, 2.24) is 19.9 Å². The highest BCUT2D eigenvalue weighted by Crippen LogP contribution is 2.32. The number of aryl methyl sites for hydroxylation is 2. The number of pyridine rings is 4. The molecule has 4 N–H and O–H groups in total. The van der Waals surface area contributed by atoms with E-state index in [0.29, 0.717) is 17.3 Å². The van der Waals surface area contributed by atoms with E-state index in [1.54, 1.807) is 30.7 Å². The lowest BCUT2D eigenvalue weighted by atomic mass is 10.00. The van der Waals surface area contributed by atoms with E-state index in [9.17, 15) is 24.6 Å². The zero-order valence-corrected chi connectivity index (χ0v) is 28.2. The number of carbonyl (C=O) groups excluding carboxylic acids is 2. The Morgan fingerprint density at radius 3 is 1.80 bits per heavy atom. The van der Waals surface area contributed by atoms with E-state index in [-0.39, 0.29) is 35.8 Å². The number of carboxylic acid groups (broad SMARTS) is 1. The SMILES string of the molecule is Cc1ccc(C(=O)O)c(-c2ccc3cc(NC(=O)C4CC4)ncc3c2)n1.Cc1ncc(CO)cc1-c1ccc2cc(NC(=O)C3CC3)ncc2c1. The van der Waals surface area contributed by atoms with Crippen LogP contribution in [0.1, 0.15) is 53.0 Å². The number of hydrogen-bond donors (Lipinski definition) is 4. The van der Waals surface area contributed by atoms with Gasteiger partial charge in [0.05, 0.1) is 17.9 Å². The second-order valence-electron chi connectivity index (χ2n) is 13.1. The predicted octanol–water partition coefficient (Wildman–Crippen LogP) is 7.10. The number of benzene rings is 2. The minimum absolute atomic E-state index is 0.0172. The van der Waals surface area contributed by atoms with Gasteiger partial charge in [-0.25, -0.2) is 14.8 Å². The molecular formula is C40H36N6O5. The summed E-state index contributed by atoms with van der Waals surface area (Å²) in [5, 5.41) is 28.2. The van der Waals surface area contributed by atoms with Crippen molar-refractivity contribution in [3.63, 3.8) is 0 Å². The second kappa shape index (κ2) is 14.0. The fourth-order valence-corrected chi connectivity index (χ4v) is 5.79. The van der Waals surface area contributed by atoms with E-state index in [1.165, 1.54) is 0 Å². The Labute approximate surface area is 293 Å². The first-order chi connectivity index (χ1) is 24.6. The van der Waals surface area contributed by atoms with Crippen LogP contribution < -0.4 is 10.6 Å². The molecule has 11 nitrogen and oxygen atoms in total. The molecule has 2 aliphatic carbocycles. The van der Waals surface area contributed by atoms with E-state index < -0.39 is 5.97 Å².